The molecular weight excluding hydrogens is 164 g/mol. The molecule has 3 unspecified atom stereocenters. The fourth-order valence-corrected chi connectivity index (χ4v) is 3.81. The van der Waals surface area contributed by atoms with Crippen LogP contribution in [0.25, 0.3) is 0 Å². The maximum absolute atomic E-state index is 11.2. The van der Waals surface area contributed by atoms with E-state index in [1.165, 1.54) is 0 Å². The molecule has 0 aromatic rings. The van der Waals surface area contributed by atoms with E-state index < -0.39 is 10.8 Å². The summed E-state index contributed by atoms with van der Waals surface area (Å²) in [5.74, 6) is 0.480. The molecule has 0 bridgehead atoms. The third-order valence-electron chi connectivity index (χ3n) is 2.03. The summed E-state index contributed by atoms with van der Waals surface area (Å²) in [6, 6.07) is 0. The van der Waals surface area contributed by atoms with Gasteiger partial charge in [0.05, 0.1) is 4.08 Å². The minimum atomic E-state index is -0.703. The normalized spacial score (nSPS) is 40.8. The third-order valence-corrected chi connectivity index (χ3v) is 5.83. The van der Waals surface area contributed by atoms with Crippen LogP contribution in [0, 0.1) is 5.92 Å². The van der Waals surface area contributed by atoms with Gasteiger partial charge in [0.25, 0.3) is 0 Å². The monoisotopic (exact) mass is 176 g/mol. The third kappa shape index (κ3) is 1.05. The quantitative estimate of drug-likeness (QED) is 0.608. The molecule has 1 rings (SSSR count). The van der Waals surface area contributed by atoms with Gasteiger partial charge in [-0.05, 0) is 12.7 Å². The van der Waals surface area contributed by atoms with E-state index >= 15 is 0 Å². The fraction of sp³-hybridized carbons (Fsp3) is 0.714. The lowest BCUT2D eigenvalue weighted by Crippen LogP contribution is -2.12. The van der Waals surface area contributed by atoms with Gasteiger partial charge in [-0.15, -0.1) is 18.3 Å². The number of hydrogen-bond acceptors (Lipinski definition) is 2. The van der Waals surface area contributed by atoms with E-state index in [4.69, 9.17) is 0 Å². The van der Waals surface area contributed by atoms with Gasteiger partial charge in [0, 0.05) is 23.0 Å². The average molecular weight is 176 g/mol. The van der Waals surface area contributed by atoms with Gasteiger partial charge in [0.2, 0.25) is 0 Å². The van der Waals surface area contributed by atoms with Crippen molar-refractivity contribution in [3.05, 3.63) is 12.7 Å². The van der Waals surface area contributed by atoms with Crippen molar-refractivity contribution < 1.29 is 4.21 Å². The van der Waals surface area contributed by atoms with Gasteiger partial charge >= 0.3 is 0 Å². The minimum Gasteiger partial charge on any atom is -0.258 e. The van der Waals surface area contributed by atoms with Crippen LogP contribution in [0.5, 0.6) is 0 Å². The summed E-state index contributed by atoms with van der Waals surface area (Å²) < 4.78 is 11.2. The highest BCUT2D eigenvalue weighted by Gasteiger charge is 2.55. The lowest BCUT2D eigenvalue weighted by Gasteiger charge is -2.07. The Morgan fingerprint density at radius 1 is 1.90 bits per heavy atom. The first-order valence-corrected chi connectivity index (χ1v) is 5.97. The molecule has 0 N–H and O–H groups in total. The predicted octanol–water partition coefficient (Wildman–Crippen LogP) is 1.63. The molecule has 0 aliphatic heterocycles. The van der Waals surface area contributed by atoms with Crippen LogP contribution >= 0.6 is 11.8 Å². The second kappa shape index (κ2) is 2.70. The lowest BCUT2D eigenvalue weighted by atomic mass is 10.4. The van der Waals surface area contributed by atoms with Crippen molar-refractivity contribution in [3.63, 3.8) is 0 Å². The molecule has 0 radical (unpaired) electrons. The molecular formula is C7H12OS2. The Morgan fingerprint density at radius 3 is 2.60 bits per heavy atom. The van der Waals surface area contributed by atoms with Gasteiger partial charge in [-0.3, -0.25) is 4.21 Å². The average Bonchev–Trinajstić information content (AvgIpc) is 2.62. The van der Waals surface area contributed by atoms with Crippen LogP contribution < -0.4 is 0 Å². The summed E-state index contributed by atoms with van der Waals surface area (Å²) in [4.78, 5) is 0. The molecule has 0 heterocycles. The first kappa shape index (κ1) is 8.34. The van der Waals surface area contributed by atoms with Crippen molar-refractivity contribution in [2.24, 2.45) is 5.92 Å². The van der Waals surface area contributed by atoms with E-state index in [0.717, 1.165) is 6.42 Å². The largest absolute Gasteiger partial charge is 0.258 e. The zero-order chi connectivity index (χ0) is 7.78. The van der Waals surface area contributed by atoms with E-state index in [9.17, 15) is 4.21 Å². The van der Waals surface area contributed by atoms with Crippen LogP contribution in [0.2, 0.25) is 0 Å². The van der Waals surface area contributed by atoms with E-state index in [1.807, 2.05) is 12.3 Å². The standard InChI is InChI=1S/C7H12OS2/c1-4-6-5-7(6,9-2)10(3)8/h4,6H,1,5H2,2-3H3. The van der Waals surface area contributed by atoms with Crippen molar-refractivity contribution >= 4 is 22.6 Å². The predicted molar refractivity (Wildman–Crippen MR) is 48.6 cm³/mol. The highest BCUT2D eigenvalue weighted by atomic mass is 32.2. The van der Waals surface area contributed by atoms with Crippen molar-refractivity contribution in [2.45, 2.75) is 10.5 Å². The Labute approximate surface area is 68.7 Å². The minimum absolute atomic E-state index is 0.0295. The molecule has 3 heteroatoms. The molecule has 58 valence electrons. The summed E-state index contributed by atoms with van der Waals surface area (Å²) >= 11 is 1.71. The van der Waals surface area contributed by atoms with Gasteiger partial charge in [-0.2, -0.15) is 0 Å². The Morgan fingerprint density at radius 2 is 2.50 bits per heavy atom. The zero-order valence-corrected chi connectivity index (χ0v) is 7.93. The van der Waals surface area contributed by atoms with Crippen molar-refractivity contribution in [2.75, 3.05) is 12.5 Å². The lowest BCUT2D eigenvalue weighted by molar-refractivity contribution is 0.683. The van der Waals surface area contributed by atoms with E-state index in [1.54, 1.807) is 18.0 Å². The van der Waals surface area contributed by atoms with E-state index in [0.29, 0.717) is 5.92 Å². The van der Waals surface area contributed by atoms with Crippen LogP contribution in [-0.4, -0.2) is 20.8 Å². The SMILES string of the molecule is C=CC1CC1(SC)S(C)=O. The molecule has 1 nitrogen and oxygen atoms in total. The van der Waals surface area contributed by atoms with Crippen molar-refractivity contribution in [1.82, 2.24) is 0 Å². The molecule has 3 atom stereocenters. The Bertz CT molecular complexity index is 178. The molecule has 1 saturated carbocycles. The molecule has 0 spiro atoms. The highest BCUT2D eigenvalue weighted by Crippen LogP contribution is 2.55. The Kier molecular flexibility index (Phi) is 2.25. The van der Waals surface area contributed by atoms with Gasteiger partial charge in [0.1, 0.15) is 0 Å². The molecule has 1 aliphatic carbocycles. The van der Waals surface area contributed by atoms with Crippen LogP contribution in [-0.2, 0) is 10.8 Å². The van der Waals surface area contributed by atoms with Crippen molar-refractivity contribution in [1.29, 1.82) is 0 Å². The number of thioether (sulfide) groups is 1. The second-order valence-electron chi connectivity index (χ2n) is 2.52. The molecule has 1 fully saturated rings. The van der Waals surface area contributed by atoms with Crippen LogP contribution in [0.4, 0.5) is 0 Å². The summed E-state index contributed by atoms with van der Waals surface area (Å²) in [6.45, 7) is 3.70. The Balaban J connectivity index is 2.67. The van der Waals surface area contributed by atoms with E-state index in [2.05, 4.69) is 6.58 Å². The molecule has 0 saturated heterocycles. The maximum atomic E-state index is 11.2. The molecule has 0 aromatic carbocycles. The van der Waals surface area contributed by atoms with Gasteiger partial charge in [-0.1, -0.05) is 6.08 Å². The maximum Gasteiger partial charge on any atom is 0.0972 e. The van der Waals surface area contributed by atoms with Gasteiger partial charge < -0.3 is 0 Å². The molecule has 1 aliphatic rings. The van der Waals surface area contributed by atoms with Crippen LogP contribution in [0.15, 0.2) is 12.7 Å². The summed E-state index contributed by atoms with van der Waals surface area (Å²) in [6.07, 6.45) is 6.75. The zero-order valence-electron chi connectivity index (χ0n) is 6.29. The Hall–Kier alpha value is 0.240. The number of hydrogen-bond donors (Lipinski definition) is 0. The second-order valence-corrected chi connectivity index (χ2v) is 5.55. The molecule has 0 aromatic heterocycles. The highest BCUT2D eigenvalue weighted by molar-refractivity contribution is 8.12. The number of allylic oxidation sites excluding steroid dienone is 1. The van der Waals surface area contributed by atoms with Gasteiger partial charge in [0.15, 0.2) is 0 Å². The number of rotatable bonds is 3. The first-order chi connectivity index (χ1) is 4.67. The molecule has 10 heavy (non-hydrogen) atoms. The first-order valence-electron chi connectivity index (χ1n) is 3.18. The summed E-state index contributed by atoms with van der Waals surface area (Å²) in [5.41, 5.74) is 0. The van der Waals surface area contributed by atoms with Gasteiger partial charge in [-0.25, -0.2) is 0 Å². The topological polar surface area (TPSA) is 17.1 Å². The molecule has 0 amide bonds. The van der Waals surface area contributed by atoms with E-state index in [-0.39, 0.29) is 4.08 Å². The smallest absolute Gasteiger partial charge is 0.0972 e. The summed E-state index contributed by atoms with van der Waals surface area (Å²) in [5, 5.41) is 0. The van der Waals surface area contributed by atoms with Crippen molar-refractivity contribution in [3.8, 4) is 0 Å². The summed E-state index contributed by atoms with van der Waals surface area (Å²) in [7, 11) is -0.703. The fourth-order valence-electron chi connectivity index (χ4n) is 1.19. The van der Waals surface area contributed by atoms with Crippen LogP contribution in [0.3, 0.4) is 0 Å². The van der Waals surface area contributed by atoms with Crippen LogP contribution in [0.1, 0.15) is 6.42 Å².